The standard InChI is InChI=1S/C18H23N3O2/c1-13-17(14(2)23-20-13)11-18(22)21-9-5-6-15(12-21)10-16-7-3-4-8-19-16/h3-4,7-8,15H,5-6,9-12H2,1-2H3/t15-/m0/s1. The van der Waals surface area contributed by atoms with Crippen molar-refractivity contribution in [2.45, 2.75) is 39.5 Å². The average molecular weight is 313 g/mol. The maximum Gasteiger partial charge on any atom is 0.227 e. The zero-order chi connectivity index (χ0) is 16.2. The predicted octanol–water partition coefficient (Wildman–Crippen LogP) is 2.71. The van der Waals surface area contributed by atoms with Crippen LogP contribution in [0.5, 0.6) is 0 Å². The molecule has 3 rings (SSSR count). The molecule has 1 aliphatic rings. The second-order valence-corrected chi connectivity index (χ2v) is 6.35. The van der Waals surface area contributed by atoms with Gasteiger partial charge in [0.25, 0.3) is 0 Å². The number of piperidine rings is 1. The second-order valence-electron chi connectivity index (χ2n) is 6.35. The van der Waals surface area contributed by atoms with Crippen molar-refractivity contribution in [2.24, 2.45) is 5.92 Å². The van der Waals surface area contributed by atoms with E-state index in [-0.39, 0.29) is 5.91 Å². The minimum absolute atomic E-state index is 0.171. The van der Waals surface area contributed by atoms with Gasteiger partial charge in [0.05, 0.1) is 12.1 Å². The molecule has 0 aliphatic carbocycles. The molecule has 1 saturated heterocycles. The van der Waals surface area contributed by atoms with E-state index in [4.69, 9.17) is 4.52 Å². The van der Waals surface area contributed by atoms with E-state index < -0.39 is 0 Å². The number of amides is 1. The molecule has 2 aromatic rings. The molecule has 5 heteroatoms. The highest BCUT2D eigenvalue weighted by atomic mass is 16.5. The fourth-order valence-electron chi connectivity index (χ4n) is 3.29. The Kier molecular flexibility index (Phi) is 4.74. The lowest BCUT2D eigenvalue weighted by Gasteiger charge is -2.32. The van der Waals surface area contributed by atoms with Crippen LogP contribution in [0.15, 0.2) is 28.9 Å². The quantitative estimate of drug-likeness (QED) is 0.871. The lowest BCUT2D eigenvalue weighted by molar-refractivity contribution is -0.132. The zero-order valence-electron chi connectivity index (χ0n) is 13.8. The van der Waals surface area contributed by atoms with Crippen molar-refractivity contribution in [1.29, 1.82) is 0 Å². The minimum atomic E-state index is 0.171. The van der Waals surface area contributed by atoms with Crippen molar-refractivity contribution in [1.82, 2.24) is 15.0 Å². The van der Waals surface area contributed by atoms with Gasteiger partial charge in [0.2, 0.25) is 5.91 Å². The van der Waals surface area contributed by atoms with Gasteiger partial charge in [-0.05, 0) is 51.2 Å². The lowest BCUT2D eigenvalue weighted by atomic mass is 9.92. The minimum Gasteiger partial charge on any atom is -0.361 e. The number of carbonyl (C=O) groups is 1. The zero-order valence-corrected chi connectivity index (χ0v) is 13.8. The van der Waals surface area contributed by atoms with E-state index in [2.05, 4.69) is 16.2 Å². The van der Waals surface area contributed by atoms with E-state index >= 15 is 0 Å². The van der Waals surface area contributed by atoms with E-state index in [0.717, 1.165) is 55.1 Å². The van der Waals surface area contributed by atoms with Gasteiger partial charge >= 0.3 is 0 Å². The first-order chi connectivity index (χ1) is 11.1. The summed E-state index contributed by atoms with van der Waals surface area (Å²) in [5, 5.41) is 3.93. The first-order valence-corrected chi connectivity index (χ1v) is 8.23. The number of nitrogens with zero attached hydrogens (tertiary/aromatic N) is 3. The van der Waals surface area contributed by atoms with E-state index in [0.29, 0.717) is 12.3 Å². The summed E-state index contributed by atoms with van der Waals surface area (Å²) in [7, 11) is 0. The molecule has 0 N–H and O–H groups in total. The molecule has 122 valence electrons. The monoisotopic (exact) mass is 313 g/mol. The summed E-state index contributed by atoms with van der Waals surface area (Å²) in [5.74, 6) is 1.41. The molecule has 5 nitrogen and oxygen atoms in total. The Hall–Kier alpha value is -2.17. The van der Waals surface area contributed by atoms with Crippen LogP contribution in [0.25, 0.3) is 0 Å². The van der Waals surface area contributed by atoms with Crippen molar-refractivity contribution in [3.8, 4) is 0 Å². The van der Waals surface area contributed by atoms with Crippen LogP contribution in [-0.2, 0) is 17.6 Å². The number of carbonyl (C=O) groups excluding carboxylic acids is 1. The molecule has 3 heterocycles. The van der Waals surface area contributed by atoms with Gasteiger partial charge < -0.3 is 9.42 Å². The molecule has 0 bridgehead atoms. The lowest BCUT2D eigenvalue weighted by Crippen LogP contribution is -2.41. The smallest absolute Gasteiger partial charge is 0.227 e. The normalized spacial score (nSPS) is 18.2. The third-order valence-corrected chi connectivity index (χ3v) is 4.60. The number of aryl methyl sites for hydroxylation is 2. The van der Waals surface area contributed by atoms with E-state index in [1.54, 1.807) is 0 Å². The molecule has 1 atom stereocenters. The Morgan fingerprint density at radius 2 is 2.26 bits per heavy atom. The maximum atomic E-state index is 12.6. The number of aromatic nitrogens is 2. The van der Waals surface area contributed by atoms with Crippen molar-refractivity contribution in [2.75, 3.05) is 13.1 Å². The largest absolute Gasteiger partial charge is 0.361 e. The molecule has 1 fully saturated rings. The van der Waals surface area contributed by atoms with Crippen LogP contribution >= 0.6 is 0 Å². The highest BCUT2D eigenvalue weighted by Crippen LogP contribution is 2.22. The number of rotatable bonds is 4. The Bertz CT molecular complexity index is 647. The Morgan fingerprint density at radius 3 is 2.96 bits per heavy atom. The third kappa shape index (κ3) is 3.78. The average Bonchev–Trinajstić information content (AvgIpc) is 2.88. The maximum absolute atomic E-state index is 12.6. The SMILES string of the molecule is Cc1noc(C)c1CC(=O)N1CCC[C@@H](Cc2ccccn2)C1. The molecule has 23 heavy (non-hydrogen) atoms. The number of hydrogen-bond acceptors (Lipinski definition) is 4. The van der Waals surface area contributed by atoms with E-state index in [9.17, 15) is 4.79 Å². The van der Waals surface area contributed by atoms with Gasteiger partial charge in [-0.1, -0.05) is 11.2 Å². The Morgan fingerprint density at radius 1 is 1.39 bits per heavy atom. The van der Waals surface area contributed by atoms with Gasteiger partial charge in [-0.25, -0.2) is 0 Å². The third-order valence-electron chi connectivity index (χ3n) is 4.60. The second kappa shape index (κ2) is 6.94. The summed E-state index contributed by atoms with van der Waals surface area (Å²) < 4.78 is 5.15. The molecule has 0 saturated carbocycles. The molecule has 1 aliphatic heterocycles. The summed E-state index contributed by atoms with van der Waals surface area (Å²) in [4.78, 5) is 19.0. The van der Waals surface area contributed by atoms with Gasteiger partial charge in [0, 0.05) is 30.5 Å². The van der Waals surface area contributed by atoms with Crippen LogP contribution in [0.3, 0.4) is 0 Å². The summed E-state index contributed by atoms with van der Waals surface area (Å²) in [6.07, 6.45) is 5.38. The van der Waals surface area contributed by atoms with Crippen LogP contribution in [-0.4, -0.2) is 34.0 Å². The predicted molar refractivity (Wildman–Crippen MR) is 86.9 cm³/mol. The van der Waals surface area contributed by atoms with Gasteiger partial charge in [0.15, 0.2) is 0 Å². The first kappa shape index (κ1) is 15.7. The molecular weight excluding hydrogens is 290 g/mol. The molecule has 0 spiro atoms. The van der Waals surface area contributed by atoms with Crippen molar-refractivity contribution in [3.63, 3.8) is 0 Å². The highest BCUT2D eigenvalue weighted by molar-refractivity contribution is 5.79. The number of pyridine rings is 1. The number of hydrogen-bond donors (Lipinski definition) is 0. The fourth-order valence-corrected chi connectivity index (χ4v) is 3.29. The van der Waals surface area contributed by atoms with Gasteiger partial charge in [0.1, 0.15) is 5.76 Å². The molecule has 0 unspecified atom stereocenters. The van der Waals surface area contributed by atoms with E-state index in [1.807, 2.05) is 37.1 Å². The Labute approximate surface area is 136 Å². The molecule has 0 radical (unpaired) electrons. The molecule has 2 aromatic heterocycles. The first-order valence-electron chi connectivity index (χ1n) is 8.23. The topological polar surface area (TPSA) is 59.2 Å². The summed E-state index contributed by atoms with van der Waals surface area (Å²) in [5.41, 5.74) is 2.86. The van der Waals surface area contributed by atoms with Crippen LogP contribution in [0.4, 0.5) is 0 Å². The molecule has 1 amide bonds. The van der Waals surface area contributed by atoms with Crippen LogP contribution in [0.1, 0.15) is 35.6 Å². The van der Waals surface area contributed by atoms with Crippen LogP contribution in [0, 0.1) is 19.8 Å². The highest BCUT2D eigenvalue weighted by Gasteiger charge is 2.25. The molecule has 0 aromatic carbocycles. The summed E-state index contributed by atoms with van der Waals surface area (Å²) >= 11 is 0. The van der Waals surface area contributed by atoms with E-state index in [1.165, 1.54) is 0 Å². The summed E-state index contributed by atoms with van der Waals surface area (Å²) in [6, 6.07) is 6.01. The van der Waals surface area contributed by atoms with Crippen LogP contribution < -0.4 is 0 Å². The van der Waals surface area contributed by atoms with Crippen molar-refractivity contribution >= 4 is 5.91 Å². The molecular formula is C18H23N3O2. The number of likely N-dealkylation sites (tertiary alicyclic amines) is 1. The van der Waals surface area contributed by atoms with Gasteiger partial charge in [-0.3, -0.25) is 9.78 Å². The van der Waals surface area contributed by atoms with Crippen molar-refractivity contribution in [3.05, 3.63) is 47.1 Å². The van der Waals surface area contributed by atoms with Crippen LogP contribution in [0.2, 0.25) is 0 Å². The Balaban J connectivity index is 1.61. The fraction of sp³-hybridized carbons (Fsp3) is 0.500. The van der Waals surface area contributed by atoms with Gasteiger partial charge in [-0.2, -0.15) is 0 Å². The summed E-state index contributed by atoms with van der Waals surface area (Å²) in [6.45, 7) is 5.42. The van der Waals surface area contributed by atoms with Crippen molar-refractivity contribution < 1.29 is 9.32 Å². The van der Waals surface area contributed by atoms with Gasteiger partial charge in [-0.15, -0.1) is 0 Å².